The summed E-state index contributed by atoms with van der Waals surface area (Å²) in [7, 11) is -2.31. The lowest BCUT2D eigenvalue weighted by Gasteiger charge is -2.34. The normalized spacial score (nSPS) is 18.1. The van der Waals surface area contributed by atoms with Crippen LogP contribution in [0.2, 0.25) is 0 Å². The quantitative estimate of drug-likeness (QED) is 0.621. The Morgan fingerprint density at radius 3 is 2.81 bits per heavy atom. The number of hydrogen-bond donors (Lipinski definition) is 2. The van der Waals surface area contributed by atoms with E-state index in [-0.39, 0.29) is 37.2 Å². The highest BCUT2D eigenvalue weighted by Gasteiger charge is 2.32. The fraction of sp³-hybridized carbons (Fsp3) is 0.556. The third kappa shape index (κ3) is 6.02. The monoisotopic (exact) mass is 397 g/mol. The Morgan fingerprint density at radius 1 is 1.33 bits per heavy atom. The van der Waals surface area contributed by atoms with Crippen LogP contribution in [0.1, 0.15) is 41.6 Å². The van der Waals surface area contributed by atoms with Crippen molar-refractivity contribution in [3.63, 3.8) is 0 Å². The van der Waals surface area contributed by atoms with Crippen molar-refractivity contribution >= 4 is 21.9 Å². The molecule has 1 saturated heterocycles. The molecule has 1 unspecified atom stereocenters. The van der Waals surface area contributed by atoms with E-state index in [1.807, 2.05) is 0 Å². The summed E-state index contributed by atoms with van der Waals surface area (Å²) in [5, 5.41) is 2.76. The van der Waals surface area contributed by atoms with Gasteiger partial charge in [-0.3, -0.25) is 4.79 Å². The molecule has 1 aliphatic rings. The van der Waals surface area contributed by atoms with E-state index in [2.05, 4.69) is 10.1 Å². The molecule has 1 heterocycles. The van der Waals surface area contributed by atoms with E-state index in [4.69, 9.17) is 5.73 Å². The first-order valence-corrected chi connectivity index (χ1v) is 10.6. The van der Waals surface area contributed by atoms with E-state index in [1.54, 1.807) is 18.2 Å². The van der Waals surface area contributed by atoms with Crippen LogP contribution < -0.4 is 11.1 Å². The van der Waals surface area contributed by atoms with Gasteiger partial charge in [0.1, 0.15) is 0 Å². The molecule has 1 amide bonds. The predicted octanol–water partition coefficient (Wildman–Crippen LogP) is 0.623. The molecule has 0 aromatic heterocycles. The molecule has 1 atom stereocenters. The fourth-order valence-corrected chi connectivity index (χ4v) is 5.00. The van der Waals surface area contributed by atoms with Gasteiger partial charge in [-0.2, -0.15) is 4.31 Å². The van der Waals surface area contributed by atoms with Gasteiger partial charge in [0.25, 0.3) is 0 Å². The van der Waals surface area contributed by atoms with Crippen LogP contribution in [0, 0.1) is 0 Å². The van der Waals surface area contributed by atoms with Gasteiger partial charge >= 0.3 is 5.97 Å². The molecule has 0 aliphatic carbocycles. The number of amides is 1. The zero-order chi connectivity index (χ0) is 19.9. The molecule has 150 valence electrons. The summed E-state index contributed by atoms with van der Waals surface area (Å²) in [6.07, 6.45) is 2.63. The van der Waals surface area contributed by atoms with Crippen LogP contribution in [-0.2, 0) is 25.3 Å². The smallest absolute Gasteiger partial charge is 0.337 e. The van der Waals surface area contributed by atoms with Crippen molar-refractivity contribution in [2.75, 3.05) is 26.7 Å². The lowest BCUT2D eigenvalue weighted by atomic mass is 10.1. The van der Waals surface area contributed by atoms with E-state index < -0.39 is 16.0 Å². The summed E-state index contributed by atoms with van der Waals surface area (Å²) in [6, 6.07) is 6.16. The summed E-state index contributed by atoms with van der Waals surface area (Å²) < 4.78 is 32.1. The van der Waals surface area contributed by atoms with Crippen LogP contribution in [0.5, 0.6) is 0 Å². The molecule has 1 aliphatic heterocycles. The molecule has 0 spiro atoms. The maximum Gasteiger partial charge on any atom is 0.337 e. The third-order valence-electron chi connectivity index (χ3n) is 4.53. The first-order valence-electron chi connectivity index (χ1n) is 9.01. The van der Waals surface area contributed by atoms with Gasteiger partial charge in [0, 0.05) is 32.1 Å². The minimum Gasteiger partial charge on any atom is -0.465 e. The number of carbonyl (C=O) groups is 2. The number of methoxy groups -OCH3 is 1. The highest BCUT2D eigenvalue weighted by molar-refractivity contribution is 7.88. The maximum absolute atomic E-state index is 13.0. The summed E-state index contributed by atoms with van der Waals surface area (Å²) in [6.45, 7) is 0.964. The second-order valence-corrected chi connectivity index (χ2v) is 8.47. The van der Waals surface area contributed by atoms with Gasteiger partial charge in [-0.1, -0.05) is 18.6 Å². The molecule has 0 saturated carbocycles. The number of ether oxygens (including phenoxy) is 1. The van der Waals surface area contributed by atoms with Crippen molar-refractivity contribution in [1.82, 2.24) is 9.62 Å². The van der Waals surface area contributed by atoms with Crippen molar-refractivity contribution in [2.45, 2.75) is 37.5 Å². The first-order chi connectivity index (χ1) is 12.9. The largest absolute Gasteiger partial charge is 0.465 e. The van der Waals surface area contributed by atoms with Gasteiger partial charge in [-0.05, 0) is 30.5 Å². The summed E-state index contributed by atoms with van der Waals surface area (Å²) in [5.74, 6) is -0.885. The molecule has 1 aromatic rings. The predicted molar refractivity (Wildman–Crippen MR) is 101 cm³/mol. The Bertz CT molecular complexity index is 766. The summed E-state index contributed by atoms with van der Waals surface area (Å²) in [4.78, 5) is 23.3. The SMILES string of the molecule is COC(=O)c1cccc(CS(=O)(=O)N2CCCCC2CNC(=O)CCN)c1. The number of hydrogen-bond acceptors (Lipinski definition) is 6. The van der Waals surface area contributed by atoms with E-state index in [0.717, 1.165) is 12.8 Å². The fourth-order valence-electron chi connectivity index (χ4n) is 3.19. The molecule has 1 fully saturated rings. The van der Waals surface area contributed by atoms with Crippen LogP contribution >= 0.6 is 0 Å². The number of piperidine rings is 1. The average Bonchev–Trinajstić information content (AvgIpc) is 2.66. The molecule has 1 aromatic carbocycles. The van der Waals surface area contributed by atoms with Crippen molar-refractivity contribution in [3.8, 4) is 0 Å². The molecule has 0 radical (unpaired) electrons. The van der Waals surface area contributed by atoms with Crippen molar-refractivity contribution in [3.05, 3.63) is 35.4 Å². The Labute approximate surface area is 160 Å². The Hall–Kier alpha value is -1.97. The van der Waals surface area contributed by atoms with Gasteiger partial charge in [-0.15, -0.1) is 0 Å². The number of nitrogens with zero attached hydrogens (tertiary/aromatic N) is 1. The number of nitrogens with one attached hydrogen (secondary N) is 1. The van der Waals surface area contributed by atoms with Crippen molar-refractivity contribution in [1.29, 1.82) is 0 Å². The third-order valence-corrected chi connectivity index (χ3v) is 6.43. The zero-order valence-corrected chi connectivity index (χ0v) is 16.3. The molecule has 2 rings (SSSR count). The maximum atomic E-state index is 13.0. The standard InChI is InChI=1S/C18H27N3O5S/c1-26-18(23)15-6-4-5-14(11-15)13-27(24,25)21-10-3-2-7-16(21)12-20-17(22)8-9-19/h4-6,11,16H,2-3,7-10,12-13,19H2,1H3,(H,20,22). The topological polar surface area (TPSA) is 119 Å². The molecule has 27 heavy (non-hydrogen) atoms. The minimum absolute atomic E-state index is 0.175. The van der Waals surface area contributed by atoms with Gasteiger partial charge in [0.2, 0.25) is 15.9 Å². The molecule has 9 heteroatoms. The zero-order valence-electron chi connectivity index (χ0n) is 15.5. The molecule has 3 N–H and O–H groups in total. The Kier molecular flexibility index (Phi) is 7.76. The lowest BCUT2D eigenvalue weighted by Crippen LogP contribution is -2.49. The second kappa shape index (κ2) is 9.82. The van der Waals surface area contributed by atoms with Gasteiger partial charge in [0.15, 0.2) is 0 Å². The van der Waals surface area contributed by atoms with Crippen LogP contribution in [0.15, 0.2) is 24.3 Å². The van der Waals surface area contributed by atoms with E-state index in [9.17, 15) is 18.0 Å². The number of carbonyl (C=O) groups excluding carboxylic acids is 2. The number of rotatable bonds is 8. The van der Waals surface area contributed by atoms with E-state index in [0.29, 0.717) is 24.1 Å². The van der Waals surface area contributed by atoms with Gasteiger partial charge in [0.05, 0.1) is 18.4 Å². The summed E-state index contributed by atoms with van der Waals surface area (Å²) >= 11 is 0. The molecular formula is C18H27N3O5S. The van der Waals surface area contributed by atoms with E-state index >= 15 is 0 Å². The van der Waals surface area contributed by atoms with Gasteiger partial charge in [-0.25, -0.2) is 13.2 Å². The molecule has 0 bridgehead atoms. The van der Waals surface area contributed by atoms with Crippen molar-refractivity contribution < 1.29 is 22.7 Å². The number of sulfonamides is 1. The highest BCUT2D eigenvalue weighted by atomic mass is 32.2. The number of nitrogens with two attached hydrogens (primary N) is 1. The lowest BCUT2D eigenvalue weighted by molar-refractivity contribution is -0.121. The number of esters is 1. The van der Waals surface area contributed by atoms with Crippen molar-refractivity contribution in [2.24, 2.45) is 5.73 Å². The molecular weight excluding hydrogens is 370 g/mol. The molecule has 8 nitrogen and oxygen atoms in total. The minimum atomic E-state index is -3.59. The van der Waals surface area contributed by atoms with Crippen LogP contribution in [-0.4, -0.2) is 57.4 Å². The Balaban J connectivity index is 2.10. The van der Waals surface area contributed by atoms with Crippen LogP contribution in [0.25, 0.3) is 0 Å². The summed E-state index contributed by atoms with van der Waals surface area (Å²) in [5.41, 5.74) is 6.20. The number of benzene rings is 1. The highest BCUT2D eigenvalue weighted by Crippen LogP contribution is 2.23. The van der Waals surface area contributed by atoms with Crippen LogP contribution in [0.3, 0.4) is 0 Å². The first kappa shape index (κ1) is 21.3. The van der Waals surface area contributed by atoms with E-state index in [1.165, 1.54) is 17.5 Å². The van der Waals surface area contributed by atoms with Gasteiger partial charge < -0.3 is 15.8 Å². The Morgan fingerprint density at radius 2 is 2.11 bits per heavy atom. The second-order valence-electron chi connectivity index (χ2n) is 6.55. The average molecular weight is 397 g/mol. The van der Waals surface area contributed by atoms with Crippen LogP contribution in [0.4, 0.5) is 0 Å².